The summed E-state index contributed by atoms with van der Waals surface area (Å²) in [6, 6.07) is 19.0. The number of amides is 1. The zero-order valence-corrected chi connectivity index (χ0v) is 17.3. The number of fused-ring (bicyclic) bond motifs is 3. The van der Waals surface area contributed by atoms with Crippen LogP contribution in [0.2, 0.25) is 0 Å². The summed E-state index contributed by atoms with van der Waals surface area (Å²) < 4.78 is 13.2. The van der Waals surface area contributed by atoms with E-state index in [0.29, 0.717) is 18.2 Å². The quantitative estimate of drug-likeness (QED) is 0.693. The molecule has 1 unspecified atom stereocenters. The molecule has 0 spiro atoms. The third-order valence-electron chi connectivity index (χ3n) is 6.11. The van der Waals surface area contributed by atoms with E-state index in [0.717, 1.165) is 55.1 Å². The van der Waals surface area contributed by atoms with E-state index in [-0.39, 0.29) is 11.7 Å². The lowest BCUT2D eigenvalue weighted by molar-refractivity contribution is 0.0950. The fraction of sp³-hybridized carbons (Fsp3) is 0.280. The first-order valence-electron chi connectivity index (χ1n) is 10.7. The summed E-state index contributed by atoms with van der Waals surface area (Å²) in [6.45, 7) is 4.11. The van der Waals surface area contributed by atoms with Gasteiger partial charge < -0.3 is 10.2 Å². The average molecular weight is 417 g/mol. The fourth-order valence-corrected chi connectivity index (χ4v) is 4.54. The van der Waals surface area contributed by atoms with Gasteiger partial charge in [0, 0.05) is 45.0 Å². The summed E-state index contributed by atoms with van der Waals surface area (Å²) in [4.78, 5) is 22.0. The van der Waals surface area contributed by atoms with Gasteiger partial charge in [-0.2, -0.15) is 0 Å². The largest absolute Gasteiger partial charge is 0.350 e. The van der Waals surface area contributed by atoms with Crippen molar-refractivity contribution in [3.8, 4) is 0 Å². The molecule has 2 aliphatic heterocycles. The number of pyridine rings is 1. The highest BCUT2D eigenvalue weighted by Crippen LogP contribution is 2.33. The Bertz CT molecular complexity index is 1070. The molecule has 0 radical (unpaired) electrons. The van der Waals surface area contributed by atoms with Gasteiger partial charge in [-0.25, -0.2) is 9.37 Å². The molecule has 1 N–H and O–H groups in total. The molecule has 6 heteroatoms. The first-order valence-corrected chi connectivity index (χ1v) is 10.7. The minimum Gasteiger partial charge on any atom is -0.350 e. The molecule has 158 valence electrons. The van der Waals surface area contributed by atoms with Crippen molar-refractivity contribution in [1.29, 1.82) is 0 Å². The van der Waals surface area contributed by atoms with Crippen LogP contribution >= 0.6 is 0 Å². The Hall–Kier alpha value is -3.25. The monoisotopic (exact) mass is 416 g/mol. The fourth-order valence-electron chi connectivity index (χ4n) is 4.54. The smallest absolute Gasteiger partial charge is 0.253 e. The van der Waals surface area contributed by atoms with Crippen LogP contribution in [-0.4, -0.2) is 41.5 Å². The number of nitrogens with one attached hydrogen (secondary N) is 1. The van der Waals surface area contributed by atoms with Gasteiger partial charge in [-0.15, -0.1) is 0 Å². The van der Waals surface area contributed by atoms with Gasteiger partial charge in [-0.1, -0.05) is 42.5 Å². The number of piperazine rings is 1. The Balaban J connectivity index is 1.22. The van der Waals surface area contributed by atoms with Gasteiger partial charge in [0.05, 0.1) is 5.56 Å². The molecule has 1 amide bonds. The number of halogens is 1. The topological polar surface area (TPSA) is 48.5 Å². The van der Waals surface area contributed by atoms with E-state index >= 15 is 0 Å². The second kappa shape index (κ2) is 8.47. The second-order valence-electron chi connectivity index (χ2n) is 8.29. The Morgan fingerprint density at radius 1 is 1.06 bits per heavy atom. The average Bonchev–Trinajstić information content (AvgIpc) is 3.16. The highest BCUT2D eigenvalue weighted by atomic mass is 19.1. The Morgan fingerprint density at radius 3 is 2.68 bits per heavy atom. The van der Waals surface area contributed by atoms with Crippen molar-refractivity contribution in [3.05, 3.63) is 94.9 Å². The van der Waals surface area contributed by atoms with Gasteiger partial charge in [0.2, 0.25) is 0 Å². The van der Waals surface area contributed by atoms with Crippen molar-refractivity contribution in [1.82, 2.24) is 15.2 Å². The van der Waals surface area contributed by atoms with Crippen LogP contribution in [0.1, 0.15) is 27.0 Å². The predicted octanol–water partition coefficient (Wildman–Crippen LogP) is 3.40. The Morgan fingerprint density at radius 2 is 1.87 bits per heavy atom. The number of nitrogens with zero attached hydrogens (tertiary/aromatic N) is 3. The lowest BCUT2D eigenvalue weighted by Gasteiger charge is -2.38. The zero-order chi connectivity index (χ0) is 21.2. The van der Waals surface area contributed by atoms with Gasteiger partial charge in [-0.05, 0) is 41.3 Å². The molecule has 5 rings (SSSR count). The van der Waals surface area contributed by atoms with E-state index in [4.69, 9.17) is 0 Å². The summed E-state index contributed by atoms with van der Waals surface area (Å²) in [7, 11) is 0. The number of aromatic nitrogens is 1. The van der Waals surface area contributed by atoms with Crippen LogP contribution in [0.25, 0.3) is 0 Å². The van der Waals surface area contributed by atoms with E-state index in [1.165, 1.54) is 12.1 Å². The first-order chi connectivity index (χ1) is 15.2. The molecule has 31 heavy (non-hydrogen) atoms. The molecule has 5 nitrogen and oxygen atoms in total. The number of benzene rings is 2. The van der Waals surface area contributed by atoms with Gasteiger partial charge in [0.15, 0.2) is 0 Å². The maximum Gasteiger partial charge on any atom is 0.253 e. The van der Waals surface area contributed by atoms with Gasteiger partial charge in [0.1, 0.15) is 11.6 Å². The highest BCUT2D eigenvalue weighted by molar-refractivity contribution is 5.94. The van der Waals surface area contributed by atoms with E-state index < -0.39 is 0 Å². The molecule has 1 aromatic heterocycles. The van der Waals surface area contributed by atoms with Gasteiger partial charge in [-0.3, -0.25) is 9.69 Å². The standard InChI is InChI=1S/C25H25FN4O/c26-22-8-6-19(7-9-22)16-29-10-11-30-23(17-29)13-20-12-21(15-27-24(20)30)25(31)28-14-18-4-2-1-3-5-18/h1-9,12,15,23H,10-11,13-14,16-17H2,(H,28,31). The minimum absolute atomic E-state index is 0.0954. The molecule has 0 bridgehead atoms. The molecular formula is C25H25FN4O. The summed E-state index contributed by atoms with van der Waals surface area (Å²) in [6.07, 6.45) is 2.58. The molecule has 1 fully saturated rings. The molecular weight excluding hydrogens is 391 g/mol. The molecule has 2 aliphatic rings. The molecule has 0 saturated carbocycles. The highest BCUT2D eigenvalue weighted by Gasteiger charge is 2.35. The molecule has 0 aliphatic carbocycles. The first kappa shape index (κ1) is 19.7. The Kier molecular flexibility index (Phi) is 5.38. The normalized spacial score (nSPS) is 17.8. The van der Waals surface area contributed by atoms with Gasteiger partial charge in [0.25, 0.3) is 5.91 Å². The van der Waals surface area contributed by atoms with Crippen molar-refractivity contribution < 1.29 is 9.18 Å². The third kappa shape index (κ3) is 4.30. The van der Waals surface area contributed by atoms with Crippen LogP contribution < -0.4 is 10.2 Å². The lowest BCUT2D eigenvalue weighted by Crippen LogP contribution is -2.51. The van der Waals surface area contributed by atoms with Crippen LogP contribution in [0.5, 0.6) is 0 Å². The number of anilines is 1. The second-order valence-corrected chi connectivity index (χ2v) is 8.29. The van der Waals surface area contributed by atoms with Crippen LogP contribution in [-0.2, 0) is 19.5 Å². The lowest BCUT2D eigenvalue weighted by atomic mass is 10.1. The third-order valence-corrected chi connectivity index (χ3v) is 6.11. The summed E-state index contributed by atoms with van der Waals surface area (Å²) in [5.74, 6) is 0.711. The number of carbonyl (C=O) groups excluding carboxylic acids is 1. The maximum atomic E-state index is 13.2. The minimum atomic E-state index is -0.200. The number of hydrogen-bond donors (Lipinski definition) is 1. The van der Waals surface area contributed by atoms with E-state index in [1.807, 2.05) is 48.5 Å². The van der Waals surface area contributed by atoms with Crippen LogP contribution in [0, 0.1) is 5.82 Å². The summed E-state index contributed by atoms with van der Waals surface area (Å²) in [5.41, 5.74) is 3.95. The van der Waals surface area contributed by atoms with E-state index in [9.17, 15) is 9.18 Å². The van der Waals surface area contributed by atoms with E-state index in [2.05, 4.69) is 20.1 Å². The van der Waals surface area contributed by atoms with Crippen LogP contribution in [0.3, 0.4) is 0 Å². The van der Waals surface area contributed by atoms with Crippen molar-refractivity contribution in [2.75, 3.05) is 24.5 Å². The molecule has 3 aromatic rings. The van der Waals surface area contributed by atoms with Crippen molar-refractivity contribution >= 4 is 11.7 Å². The molecule has 1 saturated heterocycles. The predicted molar refractivity (Wildman–Crippen MR) is 118 cm³/mol. The molecule has 1 atom stereocenters. The van der Waals surface area contributed by atoms with E-state index in [1.54, 1.807) is 6.20 Å². The van der Waals surface area contributed by atoms with Crippen LogP contribution in [0.4, 0.5) is 10.2 Å². The van der Waals surface area contributed by atoms with Crippen molar-refractivity contribution in [2.24, 2.45) is 0 Å². The SMILES string of the molecule is O=C(NCc1ccccc1)c1cnc2c(c1)CC1CN(Cc3ccc(F)cc3)CCN21. The van der Waals surface area contributed by atoms with Crippen molar-refractivity contribution in [3.63, 3.8) is 0 Å². The van der Waals surface area contributed by atoms with Crippen molar-refractivity contribution in [2.45, 2.75) is 25.6 Å². The summed E-state index contributed by atoms with van der Waals surface area (Å²) >= 11 is 0. The number of carbonyl (C=O) groups is 1. The zero-order valence-electron chi connectivity index (χ0n) is 17.3. The van der Waals surface area contributed by atoms with Gasteiger partial charge >= 0.3 is 0 Å². The number of hydrogen-bond acceptors (Lipinski definition) is 4. The van der Waals surface area contributed by atoms with Crippen LogP contribution in [0.15, 0.2) is 66.9 Å². The molecule has 3 heterocycles. The summed E-state index contributed by atoms with van der Waals surface area (Å²) in [5, 5.41) is 2.98. The Labute approximate surface area is 181 Å². The number of rotatable bonds is 5. The molecule has 2 aromatic carbocycles. The maximum absolute atomic E-state index is 13.2.